The van der Waals surface area contributed by atoms with E-state index >= 15 is 0 Å². The van der Waals surface area contributed by atoms with Crippen molar-refractivity contribution < 1.29 is 14.3 Å². The number of ether oxygens (including phenoxy) is 1. The third kappa shape index (κ3) is 3.05. The molecule has 3 heterocycles. The Kier molecular flexibility index (Phi) is 4.15. The second kappa shape index (κ2) is 6.22. The largest absolute Gasteiger partial charge is 0.370 e. The molecule has 0 bridgehead atoms. The Morgan fingerprint density at radius 2 is 2.05 bits per heavy atom. The molecular weight excluding hydrogens is 270 g/mol. The van der Waals surface area contributed by atoms with Gasteiger partial charge in [0.05, 0.1) is 6.61 Å². The Hall–Kier alpha value is -1.95. The van der Waals surface area contributed by atoms with Crippen LogP contribution in [0.25, 0.3) is 0 Å². The molecule has 2 fully saturated rings. The average molecular weight is 289 g/mol. The van der Waals surface area contributed by atoms with Crippen molar-refractivity contribution in [3.63, 3.8) is 0 Å². The molecule has 2 saturated heterocycles. The van der Waals surface area contributed by atoms with Crippen LogP contribution >= 0.6 is 0 Å². The van der Waals surface area contributed by atoms with Gasteiger partial charge in [0.25, 0.3) is 5.91 Å². The first-order chi connectivity index (χ1) is 10.3. The van der Waals surface area contributed by atoms with Gasteiger partial charge in [0, 0.05) is 31.9 Å². The van der Waals surface area contributed by atoms with Gasteiger partial charge in [-0.1, -0.05) is 6.07 Å². The fraction of sp³-hybridized carbons (Fsp3) is 0.533. The van der Waals surface area contributed by atoms with Crippen molar-refractivity contribution in [2.45, 2.75) is 18.9 Å². The molecule has 6 nitrogen and oxygen atoms in total. The minimum absolute atomic E-state index is 0.0256. The highest BCUT2D eigenvalue weighted by Crippen LogP contribution is 2.19. The summed E-state index contributed by atoms with van der Waals surface area (Å²) in [6.07, 6.45) is 3.28. The molecule has 0 spiro atoms. The van der Waals surface area contributed by atoms with Crippen molar-refractivity contribution in [3.8, 4) is 0 Å². The molecule has 3 rings (SSSR count). The summed E-state index contributed by atoms with van der Waals surface area (Å²) in [5.41, 5.74) is 0.485. The number of nitrogens with zero attached hydrogens (tertiary/aromatic N) is 3. The number of amides is 2. The summed E-state index contributed by atoms with van der Waals surface area (Å²) in [4.78, 5) is 32.0. The van der Waals surface area contributed by atoms with Crippen molar-refractivity contribution in [2.75, 3.05) is 32.8 Å². The van der Waals surface area contributed by atoms with Crippen LogP contribution in [0.15, 0.2) is 24.4 Å². The van der Waals surface area contributed by atoms with E-state index < -0.39 is 0 Å². The molecule has 21 heavy (non-hydrogen) atoms. The van der Waals surface area contributed by atoms with Gasteiger partial charge in [-0.15, -0.1) is 0 Å². The molecule has 2 aliphatic rings. The summed E-state index contributed by atoms with van der Waals surface area (Å²) < 4.78 is 5.16. The topological polar surface area (TPSA) is 62.7 Å². The normalized spacial score (nSPS) is 20.7. The lowest BCUT2D eigenvalue weighted by Gasteiger charge is -2.40. The van der Waals surface area contributed by atoms with Gasteiger partial charge in [-0.3, -0.25) is 14.6 Å². The molecular formula is C15H19N3O3. The highest BCUT2D eigenvalue weighted by Gasteiger charge is 2.31. The molecule has 2 aliphatic heterocycles. The highest BCUT2D eigenvalue weighted by molar-refractivity contribution is 5.92. The highest BCUT2D eigenvalue weighted by atomic mass is 16.5. The van der Waals surface area contributed by atoms with Crippen molar-refractivity contribution in [1.82, 2.24) is 14.8 Å². The maximum Gasteiger partial charge on any atom is 0.272 e. The fourth-order valence-corrected chi connectivity index (χ4v) is 2.95. The third-order valence-corrected chi connectivity index (χ3v) is 4.10. The quantitative estimate of drug-likeness (QED) is 0.797. The smallest absolute Gasteiger partial charge is 0.272 e. The van der Waals surface area contributed by atoms with E-state index in [0.717, 1.165) is 12.8 Å². The molecule has 2 amide bonds. The van der Waals surface area contributed by atoms with Crippen LogP contribution in [0, 0.1) is 0 Å². The van der Waals surface area contributed by atoms with Crippen LogP contribution in [0.4, 0.5) is 0 Å². The Labute approximate surface area is 123 Å². The van der Waals surface area contributed by atoms with Gasteiger partial charge >= 0.3 is 0 Å². The summed E-state index contributed by atoms with van der Waals surface area (Å²) in [6.45, 7) is 2.80. The van der Waals surface area contributed by atoms with Gasteiger partial charge in [-0.05, 0) is 25.0 Å². The predicted octanol–water partition coefficient (Wildman–Crippen LogP) is 0.545. The Morgan fingerprint density at radius 3 is 2.71 bits per heavy atom. The van der Waals surface area contributed by atoms with Crippen LogP contribution in [0.3, 0.4) is 0 Å². The fourth-order valence-electron chi connectivity index (χ4n) is 2.95. The van der Waals surface area contributed by atoms with Gasteiger partial charge in [0.15, 0.2) is 0 Å². The molecule has 0 atom stereocenters. The lowest BCUT2D eigenvalue weighted by atomic mass is 10.0. The average Bonchev–Trinajstić information content (AvgIpc) is 2.56. The lowest BCUT2D eigenvalue weighted by Crippen LogP contribution is -2.52. The van der Waals surface area contributed by atoms with E-state index in [1.54, 1.807) is 18.3 Å². The van der Waals surface area contributed by atoms with Gasteiger partial charge in [0.1, 0.15) is 12.3 Å². The monoisotopic (exact) mass is 289 g/mol. The zero-order valence-corrected chi connectivity index (χ0v) is 11.9. The standard InChI is InChI=1S/C15H19N3O3/c19-14-11-21-10-9-18(14)12-4-7-17(8-5-12)15(20)13-3-1-2-6-16-13/h1-3,6,12H,4-5,7-11H2. The zero-order chi connectivity index (χ0) is 14.7. The van der Waals surface area contributed by atoms with E-state index in [0.29, 0.717) is 31.9 Å². The maximum absolute atomic E-state index is 12.3. The zero-order valence-electron chi connectivity index (χ0n) is 11.9. The van der Waals surface area contributed by atoms with Crippen LogP contribution in [-0.2, 0) is 9.53 Å². The van der Waals surface area contributed by atoms with E-state index in [2.05, 4.69) is 4.98 Å². The number of hydrogen-bond acceptors (Lipinski definition) is 4. The number of pyridine rings is 1. The molecule has 0 aliphatic carbocycles. The van der Waals surface area contributed by atoms with E-state index in [4.69, 9.17) is 4.74 Å². The minimum atomic E-state index is -0.0256. The maximum atomic E-state index is 12.3. The van der Waals surface area contributed by atoms with Crippen LogP contribution in [0.2, 0.25) is 0 Å². The summed E-state index contributed by atoms with van der Waals surface area (Å²) in [5, 5.41) is 0. The van der Waals surface area contributed by atoms with Gasteiger partial charge in [0.2, 0.25) is 5.91 Å². The molecule has 1 aromatic rings. The third-order valence-electron chi connectivity index (χ3n) is 4.10. The second-order valence-electron chi connectivity index (χ2n) is 5.38. The molecule has 6 heteroatoms. The Balaban J connectivity index is 1.58. The van der Waals surface area contributed by atoms with E-state index in [-0.39, 0.29) is 24.5 Å². The van der Waals surface area contributed by atoms with E-state index in [1.807, 2.05) is 15.9 Å². The first-order valence-corrected chi connectivity index (χ1v) is 7.33. The summed E-state index contributed by atoms with van der Waals surface area (Å²) in [7, 11) is 0. The van der Waals surface area contributed by atoms with E-state index in [9.17, 15) is 9.59 Å². The predicted molar refractivity (Wildman–Crippen MR) is 75.7 cm³/mol. The van der Waals surface area contributed by atoms with Gasteiger partial charge in [-0.2, -0.15) is 0 Å². The van der Waals surface area contributed by atoms with Crippen LogP contribution < -0.4 is 0 Å². The SMILES string of the molecule is O=C(c1ccccn1)N1CCC(N2CCOCC2=O)CC1. The minimum Gasteiger partial charge on any atom is -0.370 e. The summed E-state index contributed by atoms with van der Waals surface area (Å²) in [6, 6.07) is 5.58. The number of morpholine rings is 1. The number of hydrogen-bond donors (Lipinski definition) is 0. The lowest BCUT2D eigenvalue weighted by molar-refractivity contribution is -0.146. The molecule has 0 saturated carbocycles. The van der Waals surface area contributed by atoms with Crippen molar-refractivity contribution in [2.24, 2.45) is 0 Å². The van der Waals surface area contributed by atoms with Crippen LogP contribution in [0.1, 0.15) is 23.3 Å². The number of rotatable bonds is 2. The molecule has 1 aromatic heterocycles. The molecule has 0 N–H and O–H groups in total. The van der Waals surface area contributed by atoms with Gasteiger partial charge in [-0.25, -0.2) is 0 Å². The number of piperidine rings is 1. The summed E-state index contributed by atoms with van der Waals surface area (Å²) >= 11 is 0. The van der Waals surface area contributed by atoms with Crippen molar-refractivity contribution in [3.05, 3.63) is 30.1 Å². The number of carbonyl (C=O) groups excluding carboxylic acids is 2. The van der Waals surface area contributed by atoms with E-state index in [1.165, 1.54) is 0 Å². The van der Waals surface area contributed by atoms with Crippen molar-refractivity contribution >= 4 is 11.8 Å². The molecule has 0 unspecified atom stereocenters. The number of likely N-dealkylation sites (tertiary alicyclic amines) is 1. The molecule has 112 valence electrons. The molecule has 0 radical (unpaired) electrons. The number of aromatic nitrogens is 1. The van der Waals surface area contributed by atoms with Gasteiger partial charge < -0.3 is 14.5 Å². The Bertz CT molecular complexity index is 512. The number of carbonyl (C=O) groups is 2. The second-order valence-corrected chi connectivity index (χ2v) is 5.38. The first-order valence-electron chi connectivity index (χ1n) is 7.33. The van der Waals surface area contributed by atoms with Crippen molar-refractivity contribution in [1.29, 1.82) is 0 Å². The first kappa shape index (κ1) is 14.0. The van der Waals surface area contributed by atoms with Crippen LogP contribution in [-0.4, -0.2) is 65.5 Å². The Morgan fingerprint density at radius 1 is 1.24 bits per heavy atom. The summed E-state index contributed by atoms with van der Waals surface area (Å²) in [5.74, 6) is 0.0399. The van der Waals surface area contributed by atoms with Crippen LogP contribution in [0.5, 0.6) is 0 Å². The molecule has 0 aromatic carbocycles.